The van der Waals surface area contributed by atoms with Gasteiger partial charge in [-0.05, 0) is 42.9 Å². The van der Waals surface area contributed by atoms with Crippen LogP contribution in [0.1, 0.15) is 41.3 Å². The standard InChI is InChI=1S/C14H15NO/c1-2-10(9-15)14(16)13-7-6-11-4-3-5-12(11)8-13/h6-8,10H,2-5H2,1H3. The zero-order chi connectivity index (χ0) is 11.5. The Bertz CT molecular complexity index is 456. The van der Waals surface area contributed by atoms with Crippen LogP contribution in [0.2, 0.25) is 0 Å². The van der Waals surface area contributed by atoms with Crippen LogP contribution >= 0.6 is 0 Å². The summed E-state index contributed by atoms with van der Waals surface area (Å²) in [4.78, 5) is 12.0. The first-order valence-electron chi connectivity index (χ1n) is 5.82. The van der Waals surface area contributed by atoms with Crippen LogP contribution in [0, 0.1) is 17.2 Å². The minimum absolute atomic E-state index is 0.0281. The second-order valence-electron chi connectivity index (χ2n) is 4.29. The number of nitriles is 1. The maximum absolute atomic E-state index is 12.0. The lowest BCUT2D eigenvalue weighted by Crippen LogP contribution is -2.12. The molecule has 0 bridgehead atoms. The number of carbonyl (C=O) groups is 1. The molecule has 1 atom stereocenters. The Morgan fingerprint density at radius 1 is 1.44 bits per heavy atom. The van der Waals surface area contributed by atoms with Gasteiger partial charge in [0.1, 0.15) is 5.92 Å². The maximum Gasteiger partial charge on any atom is 0.179 e. The first kappa shape index (κ1) is 10.9. The highest BCUT2D eigenvalue weighted by molar-refractivity contribution is 5.99. The Morgan fingerprint density at radius 3 is 2.88 bits per heavy atom. The molecule has 1 unspecified atom stereocenters. The predicted molar refractivity (Wildman–Crippen MR) is 62.2 cm³/mol. The zero-order valence-electron chi connectivity index (χ0n) is 9.49. The molecule has 0 amide bonds. The molecule has 0 aromatic heterocycles. The van der Waals surface area contributed by atoms with Gasteiger partial charge >= 0.3 is 0 Å². The average molecular weight is 213 g/mol. The fourth-order valence-electron chi connectivity index (χ4n) is 2.26. The van der Waals surface area contributed by atoms with Crippen LogP contribution in [0.3, 0.4) is 0 Å². The smallest absolute Gasteiger partial charge is 0.179 e. The van der Waals surface area contributed by atoms with E-state index in [9.17, 15) is 4.79 Å². The van der Waals surface area contributed by atoms with E-state index < -0.39 is 5.92 Å². The van der Waals surface area contributed by atoms with Crippen molar-refractivity contribution >= 4 is 5.78 Å². The summed E-state index contributed by atoms with van der Waals surface area (Å²) in [6.45, 7) is 1.87. The normalized spacial score (nSPS) is 15.2. The minimum Gasteiger partial charge on any atom is -0.293 e. The third-order valence-electron chi connectivity index (χ3n) is 3.26. The van der Waals surface area contributed by atoms with Gasteiger partial charge < -0.3 is 0 Å². The highest BCUT2D eigenvalue weighted by atomic mass is 16.1. The molecule has 0 spiro atoms. The summed E-state index contributed by atoms with van der Waals surface area (Å²) < 4.78 is 0. The number of hydrogen-bond acceptors (Lipinski definition) is 2. The number of hydrogen-bond donors (Lipinski definition) is 0. The fraction of sp³-hybridized carbons (Fsp3) is 0.429. The lowest BCUT2D eigenvalue weighted by Gasteiger charge is -2.07. The van der Waals surface area contributed by atoms with E-state index in [0.29, 0.717) is 12.0 Å². The van der Waals surface area contributed by atoms with E-state index >= 15 is 0 Å². The van der Waals surface area contributed by atoms with Crippen molar-refractivity contribution in [3.63, 3.8) is 0 Å². The van der Waals surface area contributed by atoms with E-state index in [4.69, 9.17) is 5.26 Å². The third kappa shape index (κ3) is 1.86. The fourth-order valence-corrected chi connectivity index (χ4v) is 2.26. The SMILES string of the molecule is CCC(C#N)C(=O)c1ccc2c(c1)CCC2. The minimum atomic E-state index is -0.487. The van der Waals surface area contributed by atoms with Crippen LogP contribution < -0.4 is 0 Å². The Kier molecular flexibility index (Phi) is 3.05. The zero-order valence-corrected chi connectivity index (χ0v) is 9.49. The van der Waals surface area contributed by atoms with E-state index in [1.165, 1.54) is 17.5 Å². The van der Waals surface area contributed by atoms with Gasteiger partial charge in [-0.25, -0.2) is 0 Å². The summed E-state index contributed by atoms with van der Waals surface area (Å²) in [7, 11) is 0. The quantitative estimate of drug-likeness (QED) is 0.724. The van der Waals surface area contributed by atoms with Gasteiger partial charge in [0.2, 0.25) is 0 Å². The molecule has 0 saturated heterocycles. The number of ketones is 1. The number of aryl methyl sites for hydroxylation is 2. The number of carbonyl (C=O) groups excluding carboxylic acids is 1. The van der Waals surface area contributed by atoms with E-state index in [1.54, 1.807) is 0 Å². The summed E-state index contributed by atoms with van der Waals surface area (Å²) in [6, 6.07) is 7.95. The van der Waals surface area contributed by atoms with Gasteiger partial charge in [-0.3, -0.25) is 4.79 Å². The molecule has 0 radical (unpaired) electrons. The van der Waals surface area contributed by atoms with Crippen LogP contribution in [0.15, 0.2) is 18.2 Å². The molecule has 0 fully saturated rings. The first-order chi connectivity index (χ1) is 7.76. The van der Waals surface area contributed by atoms with E-state index in [1.807, 2.05) is 25.1 Å². The molecule has 1 aliphatic carbocycles. The second kappa shape index (κ2) is 4.49. The van der Waals surface area contributed by atoms with Crippen LogP contribution in [-0.2, 0) is 12.8 Å². The monoisotopic (exact) mass is 213 g/mol. The Balaban J connectivity index is 2.28. The molecular weight excluding hydrogens is 198 g/mol. The highest BCUT2D eigenvalue weighted by Gasteiger charge is 2.19. The van der Waals surface area contributed by atoms with Gasteiger partial charge in [0.25, 0.3) is 0 Å². The molecule has 2 rings (SSSR count). The first-order valence-corrected chi connectivity index (χ1v) is 5.82. The lowest BCUT2D eigenvalue weighted by atomic mass is 9.94. The summed E-state index contributed by atoms with van der Waals surface area (Å²) in [5, 5.41) is 8.88. The Hall–Kier alpha value is -1.62. The third-order valence-corrected chi connectivity index (χ3v) is 3.26. The van der Waals surface area contributed by atoms with Crippen molar-refractivity contribution in [1.29, 1.82) is 5.26 Å². The summed E-state index contributed by atoms with van der Waals surface area (Å²) in [5.74, 6) is -0.515. The molecule has 16 heavy (non-hydrogen) atoms. The molecule has 0 N–H and O–H groups in total. The van der Waals surface area contributed by atoms with Gasteiger partial charge in [0.15, 0.2) is 5.78 Å². The van der Waals surface area contributed by atoms with Crippen molar-refractivity contribution in [3.05, 3.63) is 34.9 Å². The van der Waals surface area contributed by atoms with E-state index in [0.717, 1.165) is 12.8 Å². The molecule has 1 aromatic carbocycles. The second-order valence-corrected chi connectivity index (χ2v) is 4.29. The number of fused-ring (bicyclic) bond motifs is 1. The summed E-state index contributed by atoms with van der Waals surface area (Å²) in [5.41, 5.74) is 3.36. The van der Waals surface area contributed by atoms with Crippen molar-refractivity contribution in [1.82, 2.24) is 0 Å². The molecule has 0 heterocycles. The van der Waals surface area contributed by atoms with Crippen LogP contribution in [0.5, 0.6) is 0 Å². The van der Waals surface area contributed by atoms with Gasteiger partial charge in [0.05, 0.1) is 6.07 Å². The van der Waals surface area contributed by atoms with Crippen molar-refractivity contribution in [3.8, 4) is 6.07 Å². The summed E-state index contributed by atoms with van der Waals surface area (Å²) in [6.07, 6.45) is 3.97. The van der Waals surface area contributed by atoms with Crippen LogP contribution in [0.4, 0.5) is 0 Å². The predicted octanol–water partition coefficient (Wildman–Crippen LogP) is 2.91. The largest absolute Gasteiger partial charge is 0.293 e. The van der Waals surface area contributed by atoms with E-state index in [2.05, 4.69) is 6.07 Å². The molecule has 1 aromatic rings. The molecule has 2 heteroatoms. The molecular formula is C14H15NO. The van der Waals surface area contributed by atoms with Crippen molar-refractivity contribution in [2.45, 2.75) is 32.6 Å². The number of Topliss-reactive ketones (excluding diaryl/α,β-unsaturated/α-hetero) is 1. The number of nitrogens with zero attached hydrogens (tertiary/aromatic N) is 1. The maximum atomic E-state index is 12.0. The Labute approximate surface area is 95.9 Å². The molecule has 1 aliphatic rings. The number of rotatable bonds is 3. The summed E-state index contributed by atoms with van der Waals surface area (Å²) >= 11 is 0. The Morgan fingerprint density at radius 2 is 2.19 bits per heavy atom. The van der Waals surface area contributed by atoms with E-state index in [-0.39, 0.29) is 5.78 Å². The van der Waals surface area contributed by atoms with Crippen LogP contribution in [0.25, 0.3) is 0 Å². The number of benzene rings is 1. The highest BCUT2D eigenvalue weighted by Crippen LogP contribution is 2.24. The van der Waals surface area contributed by atoms with Crippen LogP contribution in [-0.4, -0.2) is 5.78 Å². The molecule has 2 nitrogen and oxygen atoms in total. The van der Waals surface area contributed by atoms with Crippen molar-refractivity contribution < 1.29 is 4.79 Å². The molecule has 0 saturated carbocycles. The van der Waals surface area contributed by atoms with Crippen molar-refractivity contribution in [2.75, 3.05) is 0 Å². The van der Waals surface area contributed by atoms with Gasteiger partial charge in [-0.15, -0.1) is 0 Å². The molecule has 0 aliphatic heterocycles. The lowest BCUT2D eigenvalue weighted by molar-refractivity contribution is 0.0946. The molecule has 82 valence electrons. The average Bonchev–Trinajstić information content (AvgIpc) is 2.77. The van der Waals surface area contributed by atoms with Gasteiger partial charge in [-0.1, -0.05) is 19.1 Å². The topological polar surface area (TPSA) is 40.9 Å². The van der Waals surface area contributed by atoms with Gasteiger partial charge in [0, 0.05) is 5.56 Å². The van der Waals surface area contributed by atoms with Gasteiger partial charge in [-0.2, -0.15) is 5.26 Å². The van der Waals surface area contributed by atoms with Crippen molar-refractivity contribution in [2.24, 2.45) is 5.92 Å².